The fraction of sp³-hybridized carbons (Fsp3) is 0.161. The molecule has 0 amide bonds. The van der Waals surface area contributed by atoms with Crippen LogP contribution >= 0.6 is 0 Å². The van der Waals surface area contributed by atoms with E-state index in [0.29, 0.717) is 0 Å². The molecule has 0 spiro atoms. The number of carbonyl (C=O) groups is 3. The lowest BCUT2D eigenvalue weighted by atomic mass is 9.89. The van der Waals surface area contributed by atoms with Gasteiger partial charge in [-0.3, -0.25) is 10.1 Å². The van der Waals surface area contributed by atoms with Crippen LogP contribution in [0.4, 0.5) is 5.69 Å². The zero-order chi connectivity index (χ0) is 30.4. The molecule has 4 aromatic rings. The average molecular weight is 585 g/mol. The summed E-state index contributed by atoms with van der Waals surface area (Å²) in [5, 5.41) is 22.7. The van der Waals surface area contributed by atoms with Crippen LogP contribution in [0, 0.1) is 10.1 Å². The maximum Gasteiger partial charge on any atom is 0.339 e. The molecule has 0 bridgehead atoms. The molecule has 2 heterocycles. The minimum Gasteiger partial charge on any atom is -0.459 e. The third-order valence-electron chi connectivity index (χ3n) is 6.69. The van der Waals surface area contributed by atoms with Gasteiger partial charge >= 0.3 is 17.9 Å². The van der Waals surface area contributed by atoms with Gasteiger partial charge in [0.25, 0.3) is 5.69 Å². The maximum absolute atomic E-state index is 13.4. The minimum absolute atomic E-state index is 0.0862. The van der Waals surface area contributed by atoms with Crippen molar-refractivity contribution in [3.05, 3.63) is 142 Å². The van der Waals surface area contributed by atoms with Crippen molar-refractivity contribution in [2.75, 3.05) is 6.61 Å². The highest BCUT2D eigenvalue weighted by atomic mass is 16.7. The van der Waals surface area contributed by atoms with E-state index in [0.717, 1.165) is 18.3 Å². The van der Waals surface area contributed by atoms with Crippen molar-refractivity contribution >= 4 is 23.6 Å². The van der Waals surface area contributed by atoms with E-state index >= 15 is 0 Å². The number of hydrogen-bond donors (Lipinski definition) is 1. The Morgan fingerprint density at radius 2 is 1.35 bits per heavy atom. The van der Waals surface area contributed by atoms with Gasteiger partial charge in [0.15, 0.2) is 6.10 Å². The van der Waals surface area contributed by atoms with Crippen LogP contribution in [0.25, 0.3) is 0 Å². The molecule has 12 nitrogen and oxygen atoms in total. The van der Waals surface area contributed by atoms with Gasteiger partial charge in [-0.2, -0.15) is 0 Å². The molecule has 1 saturated heterocycles. The molecule has 0 radical (unpaired) electrons. The molecule has 1 fully saturated rings. The molecule has 43 heavy (non-hydrogen) atoms. The van der Waals surface area contributed by atoms with Gasteiger partial charge in [0.1, 0.15) is 18.9 Å². The third-order valence-corrected chi connectivity index (χ3v) is 6.69. The van der Waals surface area contributed by atoms with Gasteiger partial charge in [-0.05, 0) is 42.5 Å². The Morgan fingerprint density at radius 1 is 0.814 bits per heavy atom. The van der Waals surface area contributed by atoms with Gasteiger partial charge in [0.05, 0.1) is 27.3 Å². The van der Waals surface area contributed by atoms with E-state index in [9.17, 15) is 29.6 Å². The molecule has 1 unspecified atom stereocenters. The summed E-state index contributed by atoms with van der Waals surface area (Å²) in [6.45, 7) is -0.533. The first-order chi connectivity index (χ1) is 20.8. The zero-order valence-corrected chi connectivity index (χ0v) is 22.3. The lowest BCUT2D eigenvalue weighted by Gasteiger charge is -2.35. The second-order valence-electron chi connectivity index (χ2n) is 9.39. The highest BCUT2D eigenvalue weighted by Gasteiger charge is 2.64. The van der Waals surface area contributed by atoms with E-state index in [2.05, 4.69) is 4.98 Å². The number of hydrogen-bond acceptors (Lipinski definition) is 11. The first kappa shape index (κ1) is 29.0. The summed E-state index contributed by atoms with van der Waals surface area (Å²) in [6.07, 6.45) is -4.11. The van der Waals surface area contributed by atoms with E-state index in [1.165, 1.54) is 36.4 Å². The first-order valence-electron chi connectivity index (χ1n) is 13.0. The van der Waals surface area contributed by atoms with Gasteiger partial charge < -0.3 is 24.1 Å². The summed E-state index contributed by atoms with van der Waals surface area (Å²) in [6, 6.07) is 26.0. The smallest absolute Gasteiger partial charge is 0.339 e. The summed E-state index contributed by atoms with van der Waals surface area (Å²) < 4.78 is 22.9. The van der Waals surface area contributed by atoms with Crippen LogP contribution in [0.1, 0.15) is 36.8 Å². The van der Waals surface area contributed by atoms with Gasteiger partial charge in [0.2, 0.25) is 11.9 Å². The Kier molecular flexibility index (Phi) is 8.51. The van der Waals surface area contributed by atoms with Crippen molar-refractivity contribution in [2.24, 2.45) is 0 Å². The Bertz CT molecular complexity index is 1600. The summed E-state index contributed by atoms with van der Waals surface area (Å²) in [7, 11) is 0. The Hall–Kier alpha value is -5.46. The zero-order valence-electron chi connectivity index (χ0n) is 22.3. The third kappa shape index (κ3) is 6.10. The number of aromatic nitrogens is 1. The summed E-state index contributed by atoms with van der Waals surface area (Å²) in [5.41, 5.74) is -2.48. The van der Waals surface area contributed by atoms with Crippen LogP contribution in [-0.2, 0) is 24.5 Å². The number of aliphatic hydroxyl groups is 1. The quantitative estimate of drug-likeness (QED) is 0.131. The summed E-state index contributed by atoms with van der Waals surface area (Å²) in [4.78, 5) is 54.2. The molecule has 1 N–H and O–H groups in total. The number of pyridine rings is 1. The molecule has 218 valence electrons. The van der Waals surface area contributed by atoms with Crippen LogP contribution in [0.3, 0.4) is 0 Å². The molecule has 1 aliphatic rings. The normalized spacial score (nSPS) is 21.0. The van der Waals surface area contributed by atoms with Crippen LogP contribution in [0.15, 0.2) is 109 Å². The number of rotatable bonds is 9. The molecule has 12 heteroatoms. The lowest BCUT2D eigenvalue weighted by molar-refractivity contribution is -0.385. The molecule has 3 aromatic carbocycles. The van der Waals surface area contributed by atoms with Crippen molar-refractivity contribution in [3.8, 4) is 0 Å². The van der Waals surface area contributed by atoms with E-state index in [1.54, 1.807) is 54.6 Å². The molecular weight excluding hydrogens is 560 g/mol. The SMILES string of the molecule is O=C(OC[C@H]1OC(O)[C@@](OC(=O)c2ccccc2)(c2ccc([N+](=O)[O-])cn2)[C@@H]1OC(=O)c1ccccc1)c1ccccc1. The predicted octanol–water partition coefficient (Wildman–Crippen LogP) is 3.84. The Balaban J connectivity index is 1.57. The topological polar surface area (TPSA) is 164 Å². The fourth-order valence-corrected chi connectivity index (χ4v) is 4.56. The number of benzene rings is 3. The highest BCUT2D eigenvalue weighted by molar-refractivity contribution is 5.91. The molecule has 1 aliphatic heterocycles. The summed E-state index contributed by atoms with van der Waals surface area (Å²) in [5.74, 6) is -2.53. The van der Waals surface area contributed by atoms with Gasteiger partial charge in [-0.25, -0.2) is 19.4 Å². The van der Waals surface area contributed by atoms with E-state index in [1.807, 2.05) is 0 Å². The van der Waals surface area contributed by atoms with Gasteiger partial charge in [0, 0.05) is 6.07 Å². The second kappa shape index (κ2) is 12.6. The lowest BCUT2D eigenvalue weighted by Crippen LogP contribution is -2.52. The fourth-order valence-electron chi connectivity index (χ4n) is 4.56. The number of aliphatic hydroxyl groups excluding tert-OH is 1. The second-order valence-corrected chi connectivity index (χ2v) is 9.39. The van der Waals surface area contributed by atoms with Crippen molar-refractivity contribution in [1.29, 1.82) is 0 Å². The number of ether oxygens (including phenoxy) is 4. The monoisotopic (exact) mass is 584 g/mol. The largest absolute Gasteiger partial charge is 0.459 e. The van der Waals surface area contributed by atoms with Crippen molar-refractivity contribution in [3.63, 3.8) is 0 Å². The number of carbonyl (C=O) groups excluding carboxylic acids is 3. The van der Waals surface area contributed by atoms with Gasteiger partial charge in [-0.15, -0.1) is 0 Å². The van der Waals surface area contributed by atoms with E-state index in [4.69, 9.17) is 18.9 Å². The van der Waals surface area contributed by atoms with E-state index in [-0.39, 0.29) is 28.1 Å². The molecule has 1 aromatic heterocycles. The molecule has 0 saturated carbocycles. The molecule has 0 aliphatic carbocycles. The first-order valence-corrected chi connectivity index (χ1v) is 13.0. The van der Waals surface area contributed by atoms with Crippen LogP contribution < -0.4 is 0 Å². The van der Waals surface area contributed by atoms with E-state index < -0.39 is 53.5 Å². The highest BCUT2D eigenvalue weighted by Crippen LogP contribution is 2.44. The average Bonchev–Trinajstić information content (AvgIpc) is 3.31. The standard InChI is InChI=1S/C31H24N2O10/c34-27(20-10-4-1-5-11-20)40-19-24-26(42-28(35)21-12-6-2-7-13-21)31(30(37)41-24,25-17-16-23(18-32-25)33(38)39)43-29(36)22-14-8-3-9-15-22/h1-18,24,26,30,37H,19H2/t24-,26-,30?,31-/m1/s1. The predicted molar refractivity (Wildman–Crippen MR) is 148 cm³/mol. The van der Waals surface area contributed by atoms with Crippen LogP contribution in [0.2, 0.25) is 0 Å². The van der Waals surface area contributed by atoms with Crippen LogP contribution in [0.5, 0.6) is 0 Å². The van der Waals surface area contributed by atoms with Crippen LogP contribution in [-0.4, -0.2) is 58.0 Å². The molecular formula is C31H24N2O10. The minimum atomic E-state index is -2.34. The molecule has 5 rings (SSSR count). The van der Waals surface area contributed by atoms with Crippen molar-refractivity contribution < 1.29 is 43.4 Å². The Labute approximate surface area is 244 Å². The molecule has 4 atom stereocenters. The number of esters is 3. The summed E-state index contributed by atoms with van der Waals surface area (Å²) >= 11 is 0. The van der Waals surface area contributed by atoms with Crippen molar-refractivity contribution in [1.82, 2.24) is 4.98 Å². The Morgan fingerprint density at radius 3 is 1.86 bits per heavy atom. The maximum atomic E-state index is 13.4. The number of nitro groups is 1. The van der Waals surface area contributed by atoms with Gasteiger partial charge in [-0.1, -0.05) is 54.6 Å². The van der Waals surface area contributed by atoms with Crippen molar-refractivity contribution in [2.45, 2.75) is 24.1 Å². The number of nitrogens with zero attached hydrogens (tertiary/aromatic N) is 2.